The standard InChI is InChI=1S/C16H15Cl2NO2/c1-20-10-3-5-15-11(7-10)14(19)8-16(21-15)9-2-4-12(17)13(18)6-9/h2-7,14,16H,8,19H2,1H3/t14-,16?/m0/s1. The van der Waals surface area contributed by atoms with E-state index in [0.717, 1.165) is 22.6 Å². The average molecular weight is 324 g/mol. The number of fused-ring (bicyclic) bond motifs is 1. The number of halogens is 2. The lowest BCUT2D eigenvalue weighted by Crippen LogP contribution is -2.24. The maximum atomic E-state index is 6.27. The molecule has 3 nitrogen and oxygen atoms in total. The van der Waals surface area contributed by atoms with Crippen LogP contribution in [0, 0.1) is 0 Å². The Labute approximate surface area is 133 Å². The van der Waals surface area contributed by atoms with E-state index in [9.17, 15) is 0 Å². The molecular formula is C16H15Cl2NO2. The van der Waals surface area contributed by atoms with Gasteiger partial charge in [0, 0.05) is 18.0 Å². The minimum atomic E-state index is -0.129. The van der Waals surface area contributed by atoms with Gasteiger partial charge >= 0.3 is 0 Å². The smallest absolute Gasteiger partial charge is 0.126 e. The van der Waals surface area contributed by atoms with Crippen LogP contribution in [0.4, 0.5) is 0 Å². The van der Waals surface area contributed by atoms with Crippen LogP contribution in [0.3, 0.4) is 0 Å². The van der Waals surface area contributed by atoms with E-state index in [1.165, 1.54) is 0 Å². The summed E-state index contributed by atoms with van der Waals surface area (Å²) in [5, 5.41) is 1.05. The van der Waals surface area contributed by atoms with Gasteiger partial charge in [0.2, 0.25) is 0 Å². The minimum Gasteiger partial charge on any atom is -0.497 e. The Morgan fingerprint density at radius 2 is 1.95 bits per heavy atom. The van der Waals surface area contributed by atoms with Gasteiger partial charge in [-0.15, -0.1) is 0 Å². The van der Waals surface area contributed by atoms with Gasteiger partial charge in [-0.05, 0) is 35.9 Å². The monoisotopic (exact) mass is 323 g/mol. The molecule has 2 atom stereocenters. The Morgan fingerprint density at radius 3 is 2.67 bits per heavy atom. The molecule has 1 aliphatic heterocycles. The summed E-state index contributed by atoms with van der Waals surface area (Å²) >= 11 is 12.0. The third-order valence-electron chi connectivity index (χ3n) is 3.67. The molecule has 0 aliphatic carbocycles. The quantitative estimate of drug-likeness (QED) is 0.883. The van der Waals surface area contributed by atoms with Gasteiger partial charge in [0.25, 0.3) is 0 Å². The van der Waals surface area contributed by atoms with E-state index in [4.69, 9.17) is 38.4 Å². The maximum Gasteiger partial charge on any atom is 0.126 e. The van der Waals surface area contributed by atoms with Crippen LogP contribution in [0.1, 0.15) is 29.7 Å². The fourth-order valence-electron chi connectivity index (χ4n) is 2.53. The zero-order valence-electron chi connectivity index (χ0n) is 11.5. The number of benzene rings is 2. The van der Waals surface area contributed by atoms with Crippen LogP contribution in [-0.2, 0) is 0 Å². The predicted octanol–water partition coefficient (Wildman–Crippen LogP) is 4.53. The minimum absolute atomic E-state index is 0.108. The topological polar surface area (TPSA) is 44.5 Å². The van der Waals surface area contributed by atoms with Gasteiger partial charge in [-0.1, -0.05) is 29.3 Å². The fraction of sp³-hybridized carbons (Fsp3) is 0.250. The zero-order chi connectivity index (χ0) is 15.0. The van der Waals surface area contributed by atoms with E-state index in [-0.39, 0.29) is 12.1 Å². The van der Waals surface area contributed by atoms with Crippen molar-refractivity contribution in [3.8, 4) is 11.5 Å². The zero-order valence-corrected chi connectivity index (χ0v) is 13.0. The van der Waals surface area contributed by atoms with Crippen LogP contribution in [-0.4, -0.2) is 7.11 Å². The molecule has 110 valence electrons. The molecule has 2 aromatic rings. The molecule has 0 saturated carbocycles. The van der Waals surface area contributed by atoms with E-state index >= 15 is 0 Å². The average Bonchev–Trinajstić information content (AvgIpc) is 2.49. The SMILES string of the molecule is COc1ccc2c(c1)[C@@H](N)CC(c1ccc(Cl)c(Cl)c1)O2. The summed E-state index contributed by atoms with van der Waals surface area (Å²) in [6, 6.07) is 11.1. The van der Waals surface area contributed by atoms with Crippen molar-refractivity contribution in [1.29, 1.82) is 0 Å². The molecular weight excluding hydrogens is 309 g/mol. The second kappa shape index (κ2) is 5.76. The number of methoxy groups -OCH3 is 1. The lowest BCUT2D eigenvalue weighted by molar-refractivity contribution is 0.161. The first-order chi connectivity index (χ1) is 10.1. The van der Waals surface area contributed by atoms with Gasteiger partial charge in [0.05, 0.1) is 17.2 Å². The van der Waals surface area contributed by atoms with Crippen molar-refractivity contribution in [3.63, 3.8) is 0 Å². The Morgan fingerprint density at radius 1 is 1.14 bits per heavy atom. The molecule has 5 heteroatoms. The van der Waals surface area contributed by atoms with Crippen LogP contribution in [0.5, 0.6) is 11.5 Å². The van der Waals surface area contributed by atoms with Crippen molar-refractivity contribution in [2.45, 2.75) is 18.6 Å². The molecule has 0 amide bonds. The highest BCUT2D eigenvalue weighted by Gasteiger charge is 2.27. The van der Waals surface area contributed by atoms with Gasteiger partial charge in [-0.25, -0.2) is 0 Å². The lowest BCUT2D eigenvalue weighted by Gasteiger charge is -2.31. The maximum absolute atomic E-state index is 6.27. The first-order valence-corrected chi connectivity index (χ1v) is 7.39. The molecule has 2 N–H and O–H groups in total. The van der Waals surface area contributed by atoms with E-state index in [1.54, 1.807) is 13.2 Å². The molecule has 0 radical (unpaired) electrons. The van der Waals surface area contributed by atoms with Gasteiger partial charge < -0.3 is 15.2 Å². The summed E-state index contributed by atoms with van der Waals surface area (Å²) in [7, 11) is 1.63. The summed E-state index contributed by atoms with van der Waals surface area (Å²) < 4.78 is 11.3. The largest absolute Gasteiger partial charge is 0.497 e. The normalized spacial score (nSPS) is 20.6. The van der Waals surface area contributed by atoms with Crippen molar-refractivity contribution in [2.75, 3.05) is 7.11 Å². The van der Waals surface area contributed by atoms with Crippen LogP contribution in [0.2, 0.25) is 10.0 Å². The molecule has 2 aromatic carbocycles. The first kappa shape index (κ1) is 14.5. The highest BCUT2D eigenvalue weighted by molar-refractivity contribution is 6.42. The Hall–Kier alpha value is -1.42. The first-order valence-electron chi connectivity index (χ1n) is 6.63. The Kier molecular flexibility index (Phi) is 3.98. The fourth-order valence-corrected chi connectivity index (χ4v) is 2.83. The summed E-state index contributed by atoms with van der Waals surface area (Å²) in [6.45, 7) is 0. The summed E-state index contributed by atoms with van der Waals surface area (Å²) in [4.78, 5) is 0. The number of hydrogen-bond acceptors (Lipinski definition) is 3. The van der Waals surface area contributed by atoms with Crippen molar-refractivity contribution >= 4 is 23.2 Å². The summed E-state index contributed by atoms with van der Waals surface area (Å²) in [5.41, 5.74) is 8.21. The number of ether oxygens (including phenoxy) is 2. The Bertz CT molecular complexity index is 675. The molecule has 21 heavy (non-hydrogen) atoms. The van der Waals surface area contributed by atoms with E-state index < -0.39 is 0 Å². The van der Waals surface area contributed by atoms with E-state index in [2.05, 4.69) is 0 Å². The summed E-state index contributed by atoms with van der Waals surface area (Å²) in [6.07, 6.45) is 0.550. The molecule has 1 aliphatic rings. The molecule has 3 rings (SSSR count). The molecule has 0 bridgehead atoms. The third kappa shape index (κ3) is 2.82. The molecule has 1 heterocycles. The molecule has 0 aromatic heterocycles. The molecule has 1 unspecified atom stereocenters. The second-order valence-corrected chi connectivity index (χ2v) is 5.84. The Balaban J connectivity index is 1.92. The molecule has 0 fully saturated rings. The number of rotatable bonds is 2. The molecule has 0 spiro atoms. The highest BCUT2D eigenvalue weighted by Crippen LogP contribution is 2.41. The van der Waals surface area contributed by atoms with E-state index in [1.807, 2.05) is 30.3 Å². The second-order valence-electron chi connectivity index (χ2n) is 5.03. The predicted molar refractivity (Wildman–Crippen MR) is 84.4 cm³/mol. The third-order valence-corrected chi connectivity index (χ3v) is 4.41. The van der Waals surface area contributed by atoms with Crippen LogP contribution in [0.15, 0.2) is 36.4 Å². The van der Waals surface area contributed by atoms with Gasteiger partial charge in [-0.3, -0.25) is 0 Å². The van der Waals surface area contributed by atoms with Crippen molar-refractivity contribution in [3.05, 3.63) is 57.6 Å². The van der Waals surface area contributed by atoms with Crippen molar-refractivity contribution in [2.24, 2.45) is 5.73 Å². The number of hydrogen-bond donors (Lipinski definition) is 1. The summed E-state index contributed by atoms with van der Waals surface area (Å²) in [5.74, 6) is 1.56. The molecule has 0 saturated heterocycles. The van der Waals surface area contributed by atoms with Crippen LogP contribution >= 0.6 is 23.2 Å². The van der Waals surface area contributed by atoms with Gasteiger partial charge in [0.1, 0.15) is 17.6 Å². The number of nitrogens with two attached hydrogens (primary N) is 1. The lowest BCUT2D eigenvalue weighted by atomic mass is 9.93. The van der Waals surface area contributed by atoms with Crippen LogP contribution < -0.4 is 15.2 Å². The van der Waals surface area contributed by atoms with Crippen LogP contribution in [0.25, 0.3) is 0 Å². The van der Waals surface area contributed by atoms with E-state index in [0.29, 0.717) is 16.5 Å². The highest BCUT2D eigenvalue weighted by atomic mass is 35.5. The van der Waals surface area contributed by atoms with Gasteiger partial charge in [0.15, 0.2) is 0 Å². The van der Waals surface area contributed by atoms with Gasteiger partial charge in [-0.2, -0.15) is 0 Å². The van der Waals surface area contributed by atoms with Crippen molar-refractivity contribution in [1.82, 2.24) is 0 Å². The van der Waals surface area contributed by atoms with Crippen molar-refractivity contribution < 1.29 is 9.47 Å².